The minimum Gasteiger partial charge on any atom is -0.300 e. The topological polar surface area (TPSA) is 16.1 Å². The Kier molecular flexibility index (Phi) is 2.75. The van der Waals surface area contributed by atoms with E-state index in [0.29, 0.717) is 12.0 Å². The van der Waals surface area contributed by atoms with E-state index in [-0.39, 0.29) is 0 Å². The highest BCUT2D eigenvalue weighted by molar-refractivity contribution is 6.31. The molecule has 0 bridgehead atoms. The first-order chi connectivity index (χ1) is 6.68. The van der Waals surface area contributed by atoms with Crippen molar-refractivity contribution in [3.63, 3.8) is 0 Å². The van der Waals surface area contributed by atoms with Crippen LogP contribution in [0.4, 0.5) is 0 Å². The molecule has 0 saturated carbocycles. The zero-order chi connectivity index (χ0) is 10.1. The van der Waals surface area contributed by atoms with Gasteiger partial charge in [-0.3, -0.25) is 9.88 Å². The van der Waals surface area contributed by atoms with Gasteiger partial charge in [0.15, 0.2) is 0 Å². The Bertz CT molecular complexity index is 319. The molecule has 2 nitrogen and oxygen atoms in total. The molecular weight excluding hydrogens is 196 g/mol. The molecule has 1 fully saturated rings. The number of hydrogen-bond acceptors (Lipinski definition) is 2. The Labute approximate surface area is 89.9 Å². The van der Waals surface area contributed by atoms with E-state index in [9.17, 15) is 0 Å². The van der Waals surface area contributed by atoms with E-state index in [2.05, 4.69) is 23.7 Å². The fourth-order valence-corrected chi connectivity index (χ4v) is 2.12. The van der Waals surface area contributed by atoms with Gasteiger partial charge in [0.2, 0.25) is 0 Å². The van der Waals surface area contributed by atoms with Gasteiger partial charge in [0, 0.05) is 37.4 Å². The van der Waals surface area contributed by atoms with E-state index in [1.165, 1.54) is 5.56 Å². The summed E-state index contributed by atoms with van der Waals surface area (Å²) in [7, 11) is 0. The molecule has 1 aliphatic rings. The predicted octanol–water partition coefficient (Wildman–Crippen LogP) is 2.54. The maximum Gasteiger partial charge on any atom is 0.0625 e. The second-order valence-corrected chi connectivity index (χ2v) is 4.55. The normalized spacial score (nSPS) is 18.6. The molecule has 0 aromatic carbocycles. The van der Waals surface area contributed by atoms with E-state index in [1.54, 1.807) is 6.20 Å². The highest BCUT2D eigenvalue weighted by Gasteiger charge is 2.30. The summed E-state index contributed by atoms with van der Waals surface area (Å²) in [6, 6.07) is 2.68. The van der Waals surface area contributed by atoms with Crippen LogP contribution in [-0.4, -0.2) is 29.0 Å². The van der Waals surface area contributed by atoms with Crippen molar-refractivity contribution in [3.05, 3.63) is 29.0 Å². The van der Waals surface area contributed by atoms with Crippen LogP contribution in [0.15, 0.2) is 18.5 Å². The number of pyridine rings is 1. The Balaban J connectivity index is 2.03. The van der Waals surface area contributed by atoms with E-state index in [1.807, 2.05) is 12.3 Å². The molecular formula is C11H15ClN2. The fourth-order valence-electron chi connectivity index (χ4n) is 1.85. The van der Waals surface area contributed by atoms with Gasteiger partial charge in [-0.2, -0.15) is 0 Å². The van der Waals surface area contributed by atoms with E-state index < -0.39 is 0 Å². The van der Waals surface area contributed by atoms with Crippen LogP contribution in [0.5, 0.6) is 0 Å². The van der Waals surface area contributed by atoms with Gasteiger partial charge in [-0.05, 0) is 25.5 Å². The third-order valence-corrected chi connectivity index (χ3v) is 3.20. The smallest absolute Gasteiger partial charge is 0.0625 e. The molecule has 76 valence electrons. The first-order valence-corrected chi connectivity index (χ1v) is 5.39. The number of likely N-dealkylation sites (tertiary alicyclic amines) is 1. The molecule has 0 amide bonds. The van der Waals surface area contributed by atoms with Crippen molar-refractivity contribution in [2.75, 3.05) is 13.1 Å². The van der Waals surface area contributed by atoms with Crippen LogP contribution in [0.3, 0.4) is 0 Å². The van der Waals surface area contributed by atoms with Gasteiger partial charge >= 0.3 is 0 Å². The largest absolute Gasteiger partial charge is 0.300 e. The van der Waals surface area contributed by atoms with Crippen LogP contribution < -0.4 is 0 Å². The van der Waals surface area contributed by atoms with Gasteiger partial charge in [0.05, 0.1) is 5.02 Å². The van der Waals surface area contributed by atoms with Crippen LogP contribution in [0.25, 0.3) is 0 Å². The average Bonchev–Trinajstić information content (AvgIpc) is 2.05. The highest BCUT2D eigenvalue weighted by Crippen LogP contribution is 2.32. The molecule has 1 saturated heterocycles. The number of halogens is 1. The van der Waals surface area contributed by atoms with Gasteiger partial charge in [0.25, 0.3) is 0 Å². The minimum atomic E-state index is 0.605. The number of aromatic nitrogens is 1. The van der Waals surface area contributed by atoms with Crippen molar-refractivity contribution in [2.45, 2.75) is 25.8 Å². The molecule has 0 spiro atoms. The lowest BCUT2D eigenvalue weighted by Crippen LogP contribution is -2.48. The van der Waals surface area contributed by atoms with Crippen molar-refractivity contribution in [2.24, 2.45) is 0 Å². The molecule has 3 heteroatoms. The lowest BCUT2D eigenvalue weighted by Gasteiger charge is -2.42. The van der Waals surface area contributed by atoms with Crippen LogP contribution in [0.2, 0.25) is 5.02 Å². The molecule has 14 heavy (non-hydrogen) atoms. The summed E-state index contributed by atoms with van der Waals surface area (Å²) in [5.41, 5.74) is 1.25. The van der Waals surface area contributed by atoms with Gasteiger partial charge in [0.1, 0.15) is 0 Å². The summed E-state index contributed by atoms with van der Waals surface area (Å²) in [5, 5.41) is 0.806. The second kappa shape index (κ2) is 3.87. The van der Waals surface area contributed by atoms with Crippen molar-refractivity contribution in [1.82, 2.24) is 9.88 Å². The lowest BCUT2D eigenvalue weighted by molar-refractivity contribution is 0.110. The SMILES string of the molecule is CC(C)N1CC(c2ccncc2Cl)C1. The highest BCUT2D eigenvalue weighted by atomic mass is 35.5. The lowest BCUT2D eigenvalue weighted by atomic mass is 9.91. The number of hydrogen-bond donors (Lipinski definition) is 0. The van der Waals surface area contributed by atoms with Crippen molar-refractivity contribution in [3.8, 4) is 0 Å². The maximum absolute atomic E-state index is 6.08. The van der Waals surface area contributed by atoms with Gasteiger partial charge < -0.3 is 0 Å². The van der Waals surface area contributed by atoms with Gasteiger partial charge in [-0.1, -0.05) is 11.6 Å². The average molecular weight is 211 g/mol. The molecule has 1 aliphatic heterocycles. The second-order valence-electron chi connectivity index (χ2n) is 4.14. The van der Waals surface area contributed by atoms with E-state index in [4.69, 9.17) is 11.6 Å². The number of rotatable bonds is 2. The molecule has 0 unspecified atom stereocenters. The molecule has 0 atom stereocenters. The third-order valence-electron chi connectivity index (χ3n) is 2.88. The van der Waals surface area contributed by atoms with Crippen molar-refractivity contribution in [1.29, 1.82) is 0 Å². The summed E-state index contributed by atoms with van der Waals surface area (Å²) >= 11 is 6.08. The van der Waals surface area contributed by atoms with E-state index >= 15 is 0 Å². The summed E-state index contributed by atoms with van der Waals surface area (Å²) in [5.74, 6) is 0.605. The third kappa shape index (κ3) is 1.77. The quantitative estimate of drug-likeness (QED) is 0.746. The van der Waals surface area contributed by atoms with Crippen LogP contribution in [0, 0.1) is 0 Å². The molecule has 1 aromatic rings. The van der Waals surface area contributed by atoms with Crippen LogP contribution >= 0.6 is 11.6 Å². The number of nitrogens with zero attached hydrogens (tertiary/aromatic N) is 2. The Morgan fingerprint density at radius 3 is 2.79 bits per heavy atom. The molecule has 0 aliphatic carbocycles. The first kappa shape index (κ1) is 9.94. The van der Waals surface area contributed by atoms with Crippen molar-refractivity contribution >= 4 is 11.6 Å². The molecule has 2 heterocycles. The maximum atomic E-state index is 6.08. The van der Waals surface area contributed by atoms with Gasteiger partial charge in [-0.15, -0.1) is 0 Å². The summed E-state index contributed by atoms with van der Waals surface area (Å²) in [6.07, 6.45) is 3.55. The Hall–Kier alpha value is -0.600. The zero-order valence-electron chi connectivity index (χ0n) is 8.57. The molecule has 0 N–H and O–H groups in total. The van der Waals surface area contributed by atoms with E-state index in [0.717, 1.165) is 18.1 Å². The monoisotopic (exact) mass is 210 g/mol. The predicted molar refractivity (Wildman–Crippen MR) is 58.7 cm³/mol. The first-order valence-electron chi connectivity index (χ1n) is 5.02. The zero-order valence-corrected chi connectivity index (χ0v) is 9.33. The van der Waals surface area contributed by atoms with Gasteiger partial charge in [-0.25, -0.2) is 0 Å². The Morgan fingerprint density at radius 2 is 2.21 bits per heavy atom. The minimum absolute atomic E-state index is 0.605. The standard InChI is InChI=1S/C11H15ClN2/c1-8(2)14-6-9(7-14)10-3-4-13-5-11(10)12/h3-5,8-9H,6-7H2,1-2H3. The van der Waals surface area contributed by atoms with Crippen LogP contribution in [0.1, 0.15) is 25.3 Å². The van der Waals surface area contributed by atoms with Crippen molar-refractivity contribution < 1.29 is 0 Å². The molecule has 2 rings (SSSR count). The van der Waals surface area contributed by atoms with Crippen LogP contribution in [-0.2, 0) is 0 Å². The summed E-state index contributed by atoms with van der Waals surface area (Å²) in [6.45, 7) is 6.71. The fraction of sp³-hybridized carbons (Fsp3) is 0.545. The molecule has 1 aromatic heterocycles. The summed E-state index contributed by atoms with van der Waals surface area (Å²) < 4.78 is 0. The Morgan fingerprint density at radius 1 is 1.50 bits per heavy atom. The summed E-state index contributed by atoms with van der Waals surface area (Å²) in [4.78, 5) is 6.44. The molecule has 0 radical (unpaired) electrons.